The van der Waals surface area contributed by atoms with Crippen LogP contribution in [-0.4, -0.2) is 95.9 Å². The Labute approximate surface area is 321 Å². The van der Waals surface area contributed by atoms with Crippen molar-refractivity contribution in [2.24, 2.45) is 17.8 Å². The molecule has 1 amide bonds. The number of carbonyl (C=O) groups excluding carboxylic acids is 2. The van der Waals surface area contributed by atoms with Crippen molar-refractivity contribution in [2.45, 2.75) is 82.0 Å². The average Bonchev–Trinajstić information content (AvgIpc) is 3.29. The van der Waals surface area contributed by atoms with E-state index in [1.807, 2.05) is 25.1 Å². The number of amides is 1. The Bertz CT molecular complexity index is 1760. The van der Waals surface area contributed by atoms with E-state index in [2.05, 4.69) is 38.9 Å². The van der Waals surface area contributed by atoms with E-state index in [0.29, 0.717) is 36.9 Å². The van der Waals surface area contributed by atoms with Crippen molar-refractivity contribution in [3.8, 4) is 5.75 Å². The van der Waals surface area contributed by atoms with E-state index >= 15 is 0 Å². The molecular formula is C41H57ClN4O6S. The molecule has 1 saturated heterocycles. The number of aldehydes is 1. The van der Waals surface area contributed by atoms with E-state index in [9.17, 15) is 18.0 Å². The lowest BCUT2D eigenvalue weighted by Crippen LogP contribution is -2.53. The van der Waals surface area contributed by atoms with Crippen LogP contribution < -0.4 is 19.7 Å². The maximum Gasteiger partial charge on any atom is 0.264 e. The average molecular weight is 769 g/mol. The summed E-state index contributed by atoms with van der Waals surface area (Å²) < 4.78 is 41.3. The number of halogens is 1. The molecule has 2 bridgehead atoms. The Morgan fingerprint density at radius 3 is 2.60 bits per heavy atom. The van der Waals surface area contributed by atoms with Crippen molar-refractivity contribution in [1.29, 1.82) is 0 Å². The van der Waals surface area contributed by atoms with Gasteiger partial charge in [-0.15, -0.1) is 0 Å². The molecule has 2 N–H and O–H groups in total. The molecule has 2 aromatic rings. The number of carbonyl (C=O) groups is 2. The van der Waals surface area contributed by atoms with Crippen molar-refractivity contribution >= 4 is 39.5 Å². The lowest BCUT2D eigenvalue weighted by atomic mass is 9.64. The molecule has 7 rings (SSSR count). The molecule has 2 aliphatic carbocycles. The second-order valence-electron chi connectivity index (χ2n) is 15.8. The fraction of sp³-hybridized carbons (Fsp3) is 0.610. The highest BCUT2D eigenvalue weighted by Crippen LogP contribution is 2.48. The minimum absolute atomic E-state index is 0.0434. The molecule has 6 atom stereocenters. The number of ether oxygens (including phenoxy) is 2. The Hall–Kier alpha value is -2.96. The maximum absolute atomic E-state index is 13.4. The topological polar surface area (TPSA) is 117 Å². The SMILES string of the molecule is CCCN1CCNCC1.CO[C@]1(C=O)/C=C/C[C@H](C)[C@@H](C)S(=O)(=O)NC(=O)c2ccc3c(c2)N(C[C@@H]2CC[C@H]21)C[C@@]1(CCCc2cc(Cl)ccc21)CO3. The van der Waals surface area contributed by atoms with Crippen molar-refractivity contribution < 1.29 is 27.5 Å². The van der Waals surface area contributed by atoms with Gasteiger partial charge < -0.3 is 24.6 Å². The summed E-state index contributed by atoms with van der Waals surface area (Å²) in [4.78, 5) is 30.9. The zero-order valence-electron chi connectivity index (χ0n) is 31.7. The number of allylic oxidation sites excluding steroid dienone is 1. The van der Waals surface area contributed by atoms with Crippen LogP contribution in [0.25, 0.3) is 0 Å². The van der Waals surface area contributed by atoms with Gasteiger partial charge in [-0.05, 0) is 118 Å². The first-order valence-electron chi connectivity index (χ1n) is 19.4. The number of methoxy groups -OCH3 is 1. The maximum atomic E-state index is 13.4. The van der Waals surface area contributed by atoms with Crippen LogP contribution in [0, 0.1) is 17.8 Å². The van der Waals surface area contributed by atoms with Gasteiger partial charge in [0.1, 0.15) is 11.4 Å². The van der Waals surface area contributed by atoms with Crippen LogP contribution >= 0.6 is 11.6 Å². The Kier molecular flexibility index (Phi) is 12.6. The summed E-state index contributed by atoms with van der Waals surface area (Å²) in [6, 6.07) is 11.3. The van der Waals surface area contributed by atoms with E-state index in [1.54, 1.807) is 32.2 Å². The van der Waals surface area contributed by atoms with Gasteiger partial charge in [0.15, 0.2) is 6.29 Å². The van der Waals surface area contributed by atoms with Gasteiger partial charge in [0, 0.05) is 68.3 Å². The molecule has 2 fully saturated rings. The number of benzene rings is 2. The van der Waals surface area contributed by atoms with Gasteiger partial charge in [0.05, 0.1) is 17.5 Å². The van der Waals surface area contributed by atoms with Crippen molar-refractivity contribution in [2.75, 3.05) is 64.4 Å². The molecule has 3 aliphatic heterocycles. The molecule has 12 heteroatoms. The highest BCUT2D eigenvalue weighted by Gasteiger charge is 2.49. The third-order valence-electron chi connectivity index (χ3n) is 12.5. The molecule has 53 heavy (non-hydrogen) atoms. The highest BCUT2D eigenvalue weighted by molar-refractivity contribution is 7.90. The number of nitrogens with one attached hydrogen (secondary N) is 2. The van der Waals surface area contributed by atoms with Gasteiger partial charge in [-0.25, -0.2) is 13.1 Å². The molecule has 10 nitrogen and oxygen atoms in total. The van der Waals surface area contributed by atoms with Crippen molar-refractivity contribution in [3.05, 3.63) is 70.3 Å². The number of nitrogens with zero attached hydrogens (tertiary/aromatic N) is 2. The molecule has 0 radical (unpaired) electrons. The molecule has 1 saturated carbocycles. The molecule has 0 unspecified atom stereocenters. The number of hydrogen-bond donors (Lipinski definition) is 2. The number of hydrogen-bond acceptors (Lipinski definition) is 9. The van der Waals surface area contributed by atoms with Crippen LogP contribution in [0.15, 0.2) is 48.6 Å². The molecular weight excluding hydrogens is 712 g/mol. The van der Waals surface area contributed by atoms with Crippen LogP contribution in [-0.2, 0) is 31.4 Å². The summed E-state index contributed by atoms with van der Waals surface area (Å²) in [6.45, 7) is 13.5. The number of aryl methyl sites for hydroxylation is 1. The summed E-state index contributed by atoms with van der Waals surface area (Å²) in [6.07, 6.45) is 10.9. The molecule has 1 spiro atoms. The van der Waals surface area contributed by atoms with E-state index in [-0.39, 0.29) is 28.7 Å². The first-order valence-corrected chi connectivity index (χ1v) is 21.4. The van der Waals surface area contributed by atoms with Gasteiger partial charge in [-0.3, -0.25) is 9.59 Å². The summed E-state index contributed by atoms with van der Waals surface area (Å²) >= 11 is 6.40. The largest absolute Gasteiger partial charge is 0.490 e. The fourth-order valence-electron chi connectivity index (χ4n) is 8.93. The van der Waals surface area contributed by atoms with Crippen molar-refractivity contribution in [1.82, 2.24) is 14.9 Å². The Morgan fingerprint density at radius 1 is 1.11 bits per heavy atom. The quantitative estimate of drug-likeness (QED) is 0.296. The van der Waals surface area contributed by atoms with Crippen LogP contribution in [0.4, 0.5) is 5.69 Å². The fourth-order valence-corrected chi connectivity index (χ4v) is 10.4. The number of piperazine rings is 1. The summed E-state index contributed by atoms with van der Waals surface area (Å²) in [5.74, 6) is -0.203. The van der Waals surface area contributed by atoms with Crippen LogP contribution in [0.1, 0.15) is 80.8 Å². The Morgan fingerprint density at radius 2 is 1.91 bits per heavy atom. The van der Waals surface area contributed by atoms with Gasteiger partial charge >= 0.3 is 0 Å². The second-order valence-corrected chi connectivity index (χ2v) is 18.3. The third-order valence-corrected chi connectivity index (χ3v) is 14.6. The third kappa shape index (κ3) is 8.49. The Balaban J connectivity index is 0.000000468. The summed E-state index contributed by atoms with van der Waals surface area (Å²) in [7, 11) is -2.41. The normalized spacial score (nSPS) is 31.9. The zero-order chi connectivity index (χ0) is 37.8. The van der Waals surface area contributed by atoms with Gasteiger partial charge in [-0.1, -0.05) is 37.6 Å². The molecule has 2 aromatic carbocycles. The first kappa shape index (κ1) is 39.7. The number of anilines is 1. The molecule has 5 aliphatic rings. The minimum atomic E-state index is -3.97. The van der Waals surface area contributed by atoms with Gasteiger partial charge in [0.25, 0.3) is 5.91 Å². The summed E-state index contributed by atoms with van der Waals surface area (Å²) in [5.41, 5.74) is 2.05. The number of fused-ring (bicyclic) bond motifs is 4. The van der Waals surface area contributed by atoms with E-state index in [1.165, 1.54) is 50.3 Å². The van der Waals surface area contributed by atoms with Gasteiger partial charge in [-0.2, -0.15) is 0 Å². The van der Waals surface area contributed by atoms with Crippen LogP contribution in [0.2, 0.25) is 5.02 Å². The monoisotopic (exact) mass is 768 g/mol. The predicted molar refractivity (Wildman–Crippen MR) is 211 cm³/mol. The smallest absolute Gasteiger partial charge is 0.264 e. The number of sulfonamides is 1. The standard InChI is InChI=1S/C34H41ClN2O6S.C7H16N2/c1-22-6-4-15-34(20-38,42-3)29-11-8-26(29)18-37-19-33(14-5-7-24-16-27(35)10-12-28(24)33)21-43-31-13-9-25(17-30(31)37)32(39)36-44(40,41)23(22)2;1-2-5-9-6-3-8-4-7-9/h4,9-10,12-13,15-17,20,22-23,26,29H,5-8,11,14,18-19,21H2,1-3H3,(H,36,39);8H,2-7H2,1H3/b15-4+;/t22-,23+,26-,29+,33-,34-;/m0./s1. The predicted octanol–water partition coefficient (Wildman–Crippen LogP) is 5.77. The zero-order valence-corrected chi connectivity index (χ0v) is 33.3. The lowest BCUT2D eigenvalue weighted by Gasteiger charge is -2.48. The molecule has 3 heterocycles. The van der Waals surface area contributed by atoms with Crippen LogP contribution in [0.3, 0.4) is 0 Å². The summed E-state index contributed by atoms with van der Waals surface area (Å²) in [5, 5.41) is 3.21. The van der Waals surface area contributed by atoms with E-state index in [4.69, 9.17) is 21.1 Å². The van der Waals surface area contributed by atoms with Gasteiger partial charge in [0.2, 0.25) is 10.0 Å². The number of rotatable bonds is 4. The highest BCUT2D eigenvalue weighted by atomic mass is 35.5. The molecule has 0 aromatic heterocycles. The minimum Gasteiger partial charge on any atom is -0.490 e. The van der Waals surface area contributed by atoms with Crippen LogP contribution in [0.5, 0.6) is 5.75 Å². The second kappa shape index (κ2) is 16.8. The van der Waals surface area contributed by atoms with E-state index < -0.39 is 26.8 Å². The van der Waals surface area contributed by atoms with Crippen molar-refractivity contribution in [3.63, 3.8) is 0 Å². The molecule has 290 valence electrons. The van der Waals surface area contributed by atoms with E-state index in [0.717, 1.165) is 44.1 Å². The lowest BCUT2D eigenvalue weighted by molar-refractivity contribution is -0.135. The first-order chi connectivity index (χ1) is 25.4.